The van der Waals surface area contributed by atoms with Crippen molar-refractivity contribution in [3.05, 3.63) is 35.4 Å². The number of hydrogen-bond acceptors (Lipinski definition) is 3. The molecule has 2 N–H and O–H groups in total. The van der Waals surface area contributed by atoms with E-state index in [0.29, 0.717) is 25.7 Å². The van der Waals surface area contributed by atoms with Gasteiger partial charge in [0.25, 0.3) is 0 Å². The molecule has 1 amide bonds. The lowest BCUT2D eigenvalue weighted by molar-refractivity contribution is -0.126. The molecule has 1 saturated heterocycles. The van der Waals surface area contributed by atoms with Crippen LogP contribution in [0.5, 0.6) is 0 Å². The molecule has 0 bridgehead atoms. The van der Waals surface area contributed by atoms with Gasteiger partial charge in [0, 0.05) is 19.1 Å². The highest BCUT2D eigenvalue weighted by Crippen LogP contribution is 2.16. The summed E-state index contributed by atoms with van der Waals surface area (Å²) in [5.74, 6) is 0.701. The van der Waals surface area contributed by atoms with Gasteiger partial charge < -0.3 is 15.4 Å². The van der Waals surface area contributed by atoms with Gasteiger partial charge in [-0.05, 0) is 37.1 Å². The van der Waals surface area contributed by atoms with Crippen molar-refractivity contribution in [2.45, 2.75) is 27.0 Å². The molecule has 1 heterocycles. The molecule has 118 valence electrons. The molecule has 0 radical (unpaired) electrons. The summed E-state index contributed by atoms with van der Waals surface area (Å²) in [5, 5.41) is 6.25. The van der Waals surface area contributed by atoms with Crippen LogP contribution in [0.4, 0.5) is 0 Å². The van der Waals surface area contributed by atoms with Crippen molar-refractivity contribution in [1.82, 2.24) is 10.6 Å². The fourth-order valence-electron chi connectivity index (χ4n) is 2.30. The predicted octanol–water partition coefficient (Wildman–Crippen LogP) is 2.12. The molecule has 1 aliphatic heterocycles. The highest BCUT2D eigenvalue weighted by Gasteiger charge is 2.28. The number of carbonyl (C=O) groups excluding carboxylic acids is 1. The third-order valence-corrected chi connectivity index (χ3v) is 3.97. The molecule has 1 atom stereocenters. The highest BCUT2D eigenvalue weighted by molar-refractivity contribution is 5.85. The molecular formula is C16H25ClN2O2. The number of nitrogens with one attached hydrogen (secondary N) is 2. The van der Waals surface area contributed by atoms with Gasteiger partial charge in [0.05, 0.1) is 6.61 Å². The smallest absolute Gasteiger partial charge is 0.223 e. The number of halogens is 1. The maximum absolute atomic E-state index is 12.1. The van der Waals surface area contributed by atoms with E-state index in [1.807, 2.05) is 32.0 Å². The van der Waals surface area contributed by atoms with Gasteiger partial charge >= 0.3 is 0 Å². The Labute approximate surface area is 133 Å². The molecule has 1 aromatic rings. The summed E-state index contributed by atoms with van der Waals surface area (Å²) in [6.45, 7) is 7.78. The zero-order valence-corrected chi connectivity index (χ0v) is 13.5. The van der Waals surface area contributed by atoms with Crippen LogP contribution in [-0.2, 0) is 22.7 Å². The van der Waals surface area contributed by atoms with E-state index < -0.39 is 0 Å². The van der Waals surface area contributed by atoms with E-state index in [9.17, 15) is 4.79 Å². The molecule has 4 nitrogen and oxygen atoms in total. The summed E-state index contributed by atoms with van der Waals surface area (Å²) >= 11 is 0. The first kappa shape index (κ1) is 18.0. The molecule has 21 heavy (non-hydrogen) atoms. The normalized spacial score (nSPS) is 15.7. The first-order valence-corrected chi connectivity index (χ1v) is 7.35. The molecule has 1 aromatic carbocycles. The van der Waals surface area contributed by atoms with E-state index in [1.54, 1.807) is 0 Å². The van der Waals surface area contributed by atoms with Gasteiger partial charge in [0.15, 0.2) is 0 Å². The van der Waals surface area contributed by atoms with Crippen molar-refractivity contribution in [3.63, 3.8) is 0 Å². The lowest BCUT2D eigenvalue weighted by Crippen LogP contribution is -2.49. The number of hydrogen-bond donors (Lipinski definition) is 2. The summed E-state index contributed by atoms with van der Waals surface area (Å²) in [4.78, 5) is 12.1. The van der Waals surface area contributed by atoms with Gasteiger partial charge in [0.2, 0.25) is 5.91 Å². The van der Waals surface area contributed by atoms with Gasteiger partial charge in [-0.1, -0.05) is 31.2 Å². The first-order valence-electron chi connectivity index (χ1n) is 7.35. The minimum absolute atomic E-state index is 0. The van der Waals surface area contributed by atoms with E-state index in [-0.39, 0.29) is 24.2 Å². The summed E-state index contributed by atoms with van der Waals surface area (Å²) in [5.41, 5.74) is 2.28. The largest absolute Gasteiger partial charge is 0.377 e. The van der Waals surface area contributed by atoms with Crippen LogP contribution in [0.15, 0.2) is 24.3 Å². The lowest BCUT2D eigenvalue weighted by Gasteiger charge is -2.31. The molecule has 2 rings (SSSR count). The average molecular weight is 313 g/mol. The average Bonchev–Trinajstić information content (AvgIpc) is 2.41. The summed E-state index contributed by atoms with van der Waals surface area (Å²) in [6, 6.07) is 8.10. The van der Waals surface area contributed by atoms with Crippen molar-refractivity contribution < 1.29 is 9.53 Å². The second-order valence-electron chi connectivity index (χ2n) is 5.33. The minimum atomic E-state index is 0. The topological polar surface area (TPSA) is 50.4 Å². The van der Waals surface area contributed by atoms with Gasteiger partial charge in [-0.2, -0.15) is 0 Å². The zero-order chi connectivity index (χ0) is 14.4. The van der Waals surface area contributed by atoms with Crippen molar-refractivity contribution >= 4 is 18.3 Å². The number of carbonyl (C=O) groups is 1. The molecule has 0 spiro atoms. The number of benzene rings is 1. The lowest BCUT2D eigenvalue weighted by atomic mass is 9.88. The molecule has 0 saturated carbocycles. The van der Waals surface area contributed by atoms with Crippen molar-refractivity contribution in [1.29, 1.82) is 0 Å². The Balaban J connectivity index is 0.00000220. The van der Waals surface area contributed by atoms with Crippen molar-refractivity contribution in [2.75, 3.05) is 19.7 Å². The van der Waals surface area contributed by atoms with Crippen LogP contribution in [-0.4, -0.2) is 25.6 Å². The maximum atomic E-state index is 12.1. The molecule has 1 unspecified atom stereocenters. The second-order valence-corrected chi connectivity index (χ2v) is 5.33. The van der Waals surface area contributed by atoms with Crippen molar-refractivity contribution in [3.8, 4) is 0 Å². The summed E-state index contributed by atoms with van der Waals surface area (Å²) in [6.07, 6.45) is 0. The van der Waals surface area contributed by atoms with Crippen LogP contribution in [0.3, 0.4) is 0 Å². The molecule has 1 aliphatic rings. The van der Waals surface area contributed by atoms with Crippen LogP contribution in [0.1, 0.15) is 25.0 Å². The van der Waals surface area contributed by atoms with Gasteiger partial charge in [-0.25, -0.2) is 0 Å². The Morgan fingerprint density at radius 2 is 2.05 bits per heavy atom. The quantitative estimate of drug-likeness (QED) is 0.811. The van der Waals surface area contributed by atoms with E-state index in [4.69, 9.17) is 4.74 Å². The number of ether oxygens (including phenoxy) is 1. The van der Waals surface area contributed by atoms with Gasteiger partial charge in [-0.15, -0.1) is 12.4 Å². The van der Waals surface area contributed by atoms with Crippen molar-refractivity contribution in [2.24, 2.45) is 11.8 Å². The zero-order valence-electron chi connectivity index (χ0n) is 12.7. The standard InChI is InChI=1S/C16H24N2O2.ClH/c1-3-20-11-14-7-5-4-6-13(14)10-18-16(19)12(2)15-8-17-9-15;/h4-7,12,15,17H,3,8-11H2,1-2H3,(H,18,19);1H. The minimum Gasteiger partial charge on any atom is -0.377 e. The van der Waals surface area contributed by atoms with E-state index in [1.165, 1.54) is 0 Å². The fourth-order valence-corrected chi connectivity index (χ4v) is 2.30. The van der Waals surface area contributed by atoms with Crippen LogP contribution in [0.25, 0.3) is 0 Å². The van der Waals surface area contributed by atoms with Crippen LogP contribution in [0, 0.1) is 11.8 Å². The third kappa shape index (κ3) is 4.99. The van der Waals surface area contributed by atoms with Gasteiger partial charge in [-0.3, -0.25) is 4.79 Å². The van der Waals surface area contributed by atoms with E-state index in [0.717, 1.165) is 24.2 Å². The Morgan fingerprint density at radius 3 is 2.62 bits per heavy atom. The Morgan fingerprint density at radius 1 is 1.38 bits per heavy atom. The molecule has 5 heteroatoms. The first-order chi connectivity index (χ1) is 9.72. The maximum Gasteiger partial charge on any atom is 0.223 e. The monoisotopic (exact) mass is 312 g/mol. The van der Waals surface area contributed by atoms with Crippen LogP contribution in [0.2, 0.25) is 0 Å². The molecule has 1 fully saturated rings. The Hall–Kier alpha value is -1.10. The highest BCUT2D eigenvalue weighted by atomic mass is 35.5. The Bertz CT molecular complexity index is 450. The summed E-state index contributed by atoms with van der Waals surface area (Å²) < 4.78 is 5.46. The molecule has 0 aliphatic carbocycles. The SMILES string of the molecule is CCOCc1ccccc1CNC(=O)C(C)C1CNC1.Cl. The predicted molar refractivity (Wildman–Crippen MR) is 86.4 cm³/mol. The van der Waals surface area contributed by atoms with Gasteiger partial charge in [0.1, 0.15) is 0 Å². The van der Waals surface area contributed by atoms with E-state index >= 15 is 0 Å². The fraction of sp³-hybridized carbons (Fsp3) is 0.562. The third-order valence-electron chi connectivity index (χ3n) is 3.97. The number of amides is 1. The molecular weight excluding hydrogens is 288 g/mol. The van der Waals surface area contributed by atoms with Crippen LogP contribution < -0.4 is 10.6 Å². The second kappa shape index (κ2) is 9.03. The van der Waals surface area contributed by atoms with Crippen LogP contribution >= 0.6 is 12.4 Å². The number of rotatable bonds is 7. The Kier molecular flexibility index (Phi) is 7.72. The van der Waals surface area contributed by atoms with E-state index in [2.05, 4.69) is 16.7 Å². The molecule has 0 aromatic heterocycles. The summed E-state index contributed by atoms with van der Waals surface area (Å²) in [7, 11) is 0.